The highest BCUT2D eigenvalue weighted by molar-refractivity contribution is 7.17. The summed E-state index contributed by atoms with van der Waals surface area (Å²) in [7, 11) is 0. The Morgan fingerprint density at radius 2 is 2.18 bits per heavy atom. The van der Waals surface area contributed by atoms with Gasteiger partial charge in [0.1, 0.15) is 4.88 Å². The van der Waals surface area contributed by atoms with E-state index in [1.807, 2.05) is 0 Å². The minimum absolute atomic E-state index is 0.143. The van der Waals surface area contributed by atoms with Crippen LogP contribution in [0.15, 0.2) is 18.2 Å². The average molecular weight is 356 g/mol. The van der Waals surface area contributed by atoms with Crippen molar-refractivity contribution in [3.05, 3.63) is 44.4 Å². The lowest BCUT2D eigenvalue weighted by atomic mass is 10.2. The van der Waals surface area contributed by atoms with Crippen molar-refractivity contribution in [3.63, 3.8) is 0 Å². The van der Waals surface area contributed by atoms with Gasteiger partial charge in [-0.25, -0.2) is 4.98 Å². The number of anilines is 1. The minimum Gasteiger partial charge on any atom is -0.351 e. The van der Waals surface area contributed by atoms with E-state index in [9.17, 15) is 9.59 Å². The van der Waals surface area contributed by atoms with Gasteiger partial charge in [-0.15, -0.1) is 0 Å². The highest BCUT2D eigenvalue weighted by Crippen LogP contribution is 2.27. The molecule has 0 fully saturated rings. The van der Waals surface area contributed by atoms with E-state index in [2.05, 4.69) is 15.6 Å². The van der Waals surface area contributed by atoms with Crippen molar-refractivity contribution in [2.75, 3.05) is 11.9 Å². The van der Waals surface area contributed by atoms with Gasteiger partial charge in [-0.1, -0.05) is 34.5 Å². The van der Waals surface area contributed by atoms with Gasteiger partial charge in [-0.05, 0) is 31.0 Å². The van der Waals surface area contributed by atoms with E-state index in [1.54, 1.807) is 12.1 Å². The number of rotatable bonds is 2. The van der Waals surface area contributed by atoms with Crippen LogP contribution in [0.2, 0.25) is 10.0 Å². The first-order valence-electron chi connectivity index (χ1n) is 6.59. The number of fused-ring (bicyclic) bond motifs is 1. The second kappa shape index (κ2) is 6.24. The van der Waals surface area contributed by atoms with Gasteiger partial charge in [0.05, 0.1) is 16.3 Å². The molecule has 22 heavy (non-hydrogen) atoms. The van der Waals surface area contributed by atoms with Crippen LogP contribution in [0.25, 0.3) is 0 Å². The van der Waals surface area contributed by atoms with E-state index in [0.717, 1.165) is 23.5 Å². The molecule has 0 radical (unpaired) electrons. The van der Waals surface area contributed by atoms with E-state index in [4.69, 9.17) is 23.2 Å². The first-order valence-corrected chi connectivity index (χ1v) is 8.16. The molecule has 0 bridgehead atoms. The van der Waals surface area contributed by atoms with Crippen molar-refractivity contribution in [1.29, 1.82) is 0 Å². The lowest BCUT2D eigenvalue weighted by Gasteiger charge is -2.04. The maximum absolute atomic E-state index is 12.2. The summed E-state index contributed by atoms with van der Waals surface area (Å²) in [6, 6.07) is 4.64. The lowest BCUT2D eigenvalue weighted by Crippen LogP contribution is -2.21. The number of aromatic nitrogens is 1. The fourth-order valence-corrected chi connectivity index (χ4v) is 3.55. The Morgan fingerprint density at radius 1 is 1.36 bits per heavy atom. The van der Waals surface area contributed by atoms with E-state index in [0.29, 0.717) is 33.6 Å². The lowest BCUT2D eigenvalue weighted by molar-refractivity contribution is 0.0958. The Balaban J connectivity index is 1.83. The van der Waals surface area contributed by atoms with E-state index in [-0.39, 0.29) is 16.8 Å². The summed E-state index contributed by atoms with van der Waals surface area (Å²) in [6.45, 7) is 0.643. The summed E-state index contributed by atoms with van der Waals surface area (Å²) in [5.74, 6) is -0.527. The Bertz CT molecular complexity index is 761. The fraction of sp³-hybridized carbons (Fsp3) is 0.214. The number of hydrogen-bond donors (Lipinski definition) is 2. The first-order chi connectivity index (χ1) is 10.5. The molecule has 1 aliphatic rings. The molecule has 1 aromatic heterocycles. The molecule has 2 amide bonds. The van der Waals surface area contributed by atoms with Crippen LogP contribution in [0.1, 0.15) is 32.1 Å². The molecule has 5 nitrogen and oxygen atoms in total. The number of halogens is 2. The van der Waals surface area contributed by atoms with Gasteiger partial charge in [-0.2, -0.15) is 0 Å². The standard InChI is InChI=1S/C14H11Cl2N3O2S/c15-7-3-4-8(9(16)6-7)12(20)19-14-18-10-2-1-5-17-13(21)11(10)22-14/h3-4,6H,1-2,5H2,(H,17,21)(H,18,19,20). The topological polar surface area (TPSA) is 71.1 Å². The molecule has 0 saturated heterocycles. The van der Waals surface area contributed by atoms with Crippen LogP contribution in [0.3, 0.4) is 0 Å². The monoisotopic (exact) mass is 355 g/mol. The molecule has 0 unspecified atom stereocenters. The zero-order valence-corrected chi connectivity index (χ0v) is 13.6. The predicted octanol–water partition coefficient (Wildman–Crippen LogP) is 3.38. The third kappa shape index (κ3) is 3.09. The normalized spacial score (nSPS) is 14.0. The van der Waals surface area contributed by atoms with Gasteiger partial charge >= 0.3 is 0 Å². The largest absolute Gasteiger partial charge is 0.351 e. The zero-order chi connectivity index (χ0) is 15.7. The number of benzene rings is 1. The summed E-state index contributed by atoms with van der Waals surface area (Å²) in [4.78, 5) is 29.0. The van der Waals surface area contributed by atoms with Gasteiger partial charge in [0.25, 0.3) is 11.8 Å². The molecule has 1 aromatic carbocycles. The summed E-state index contributed by atoms with van der Waals surface area (Å²) in [5.41, 5.74) is 1.03. The van der Waals surface area contributed by atoms with Crippen LogP contribution >= 0.6 is 34.5 Å². The summed E-state index contributed by atoms with van der Waals surface area (Å²) >= 11 is 13.0. The molecule has 8 heteroatoms. The van der Waals surface area contributed by atoms with Crippen molar-refractivity contribution in [1.82, 2.24) is 10.3 Å². The molecule has 0 spiro atoms. The van der Waals surface area contributed by atoms with Crippen LogP contribution in [0, 0.1) is 0 Å². The fourth-order valence-electron chi connectivity index (χ4n) is 2.13. The third-order valence-electron chi connectivity index (χ3n) is 3.18. The molecule has 0 aliphatic carbocycles. The molecule has 2 N–H and O–H groups in total. The van der Waals surface area contributed by atoms with Crippen molar-refractivity contribution >= 4 is 51.5 Å². The number of hydrogen-bond acceptors (Lipinski definition) is 4. The summed E-state index contributed by atoms with van der Waals surface area (Å²) in [5, 5.41) is 6.58. The second-order valence-corrected chi connectivity index (χ2v) is 6.58. The first kappa shape index (κ1) is 15.3. The summed E-state index contributed by atoms with van der Waals surface area (Å²) < 4.78 is 0. The van der Waals surface area contributed by atoms with Crippen LogP contribution in [-0.2, 0) is 6.42 Å². The SMILES string of the molecule is O=C(Nc1nc2c(s1)C(=O)NCCC2)c1ccc(Cl)cc1Cl. The zero-order valence-electron chi connectivity index (χ0n) is 11.3. The number of thiazole rings is 1. The third-order valence-corrected chi connectivity index (χ3v) is 4.74. The van der Waals surface area contributed by atoms with Crippen LogP contribution in [0.5, 0.6) is 0 Å². The number of carbonyl (C=O) groups is 2. The average Bonchev–Trinajstić information content (AvgIpc) is 2.78. The number of nitrogens with one attached hydrogen (secondary N) is 2. The van der Waals surface area contributed by atoms with Gasteiger partial charge in [-0.3, -0.25) is 14.9 Å². The van der Waals surface area contributed by atoms with Crippen LogP contribution in [0.4, 0.5) is 5.13 Å². The highest BCUT2D eigenvalue weighted by Gasteiger charge is 2.22. The number of carbonyl (C=O) groups excluding carboxylic acids is 2. The Hall–Kier alpha value is -1.63. The second-order valence-electron chi connectivity index (χ2n) is 4.73. The molecular formula is C14H11Cl2N3O2S. The number of aryl methyl sites for hydroxylation is 1. The predicted molar refractivity (Wildman–Crippen MR) is 87.2 cm³/mol. The molecule has 1 aliphatic heterocycles. The number of nitrogens with zero attached hydrogens (tertiary/aromatic N) is 1. The molecular weight excluding hydrogens is 345 g/mol. The molecule has 2 heterocycles. The van der Waals surface area contributed by atoms with Gasteiger partial charge in [0, 0.05) is 11.6 Å². The smallest absolute Gasteiger partial charge is 0.263 e. The van der Waals surface area contributed by atoms with Crippen LogP contribution < -0.4 is 10.6 Å². The molecule has 2 aromatic rings. The van der Waals surface area contributed by atoms with Crippen LogP contribution in [-0.4, -0.2) is 23.3 Å². The van der Waals surface area contributed by atoms with Gasteiger partial charge in [0.2, 0.25) is 0 Å². The quantitative estimate of drug-likeness (QED) is 0.867. The van der Waals surface area contributed by atoms with E-state index < -0.39 is 0 Å². The van der Waals surface area contributed by atoms with Gasteiger partial charge in [0.15, 0.2) is 5.13 Å². The van der Waals surface area contributed by atoms with Crippen molar-refractivity contribution in [2.45, 2.75) is 12.8 Å². The Morgan fingerprint density at radius 3 is 2.95 bits per heavy atom. The molecule has 114 valence electrons. The maximum atomic E-state index is 12.2. The Labute approximate surface area is 140 Å². The van der Waals surface area contributed by atoms with E-state index in [1.165, 1.54) is 6.07 Å². The van der Waals surface area contributed by atoms with Crippen molar-refractivity contribution in [2.24, 2.45) is 0 Å². The number of amides is 2. The molecule has 3 rings (SSSR count). The van der Waals surface area contributed by atoms with Gasteiger partial charge < -0.3 is 5.32 Å². The van der Waals surface area contributed by atoms with Crippen molar-refractivity contribution in [3.8, 4) is 0 Å². The highest BCUT2D eigenvalue weighted by atomic mass is 35.5. The maximum Gasteiger partial charge on any atom is 0.263 e. The van der Waals surface area contributed by atoms with Crippen molar-refractivity contribution < 1.29 is 9.59 Å². The minimum atomic E-state index is -0.383. The summed E-state index contributed by atoms with van der Waals surface area (Å²) in [6.07, 6.45) is 1.54. The molecule has 0 atom stereocenters. The Kier molecular flexibility index (Phi) is 4.33. The molecule has 0 saturated carbocycles. The van der Waals surface area contributed by atoms with E-state index >= 15 is 0 Å².